The van der Waals surface area contributed by atoms with Crippen molar-refractivity contribution in [1.82, 2.24) is 4.98 Å². The molecule has 0 saturated heterocycles. The number of rotatable bonds is 4. The van der Waals surface area contributed by atoms with Crippen LogP contribution < -0.4 is 10.5 Å². The molecule has 0 radical (unpaired) electrons. The second-order valence-electron chi connectivity index (χ2n) is 3.06. The first-order valence-electron chi connectivity index (χ1n) is 4.61. The Morgan fingerprint density at radius 1 is 1.62 bits per heavy atom. The average Bonchev–Trinajstić information content (AvgIpc) is 2.30. The van der Waals surface area contributed by atoms with Crippen LogP contribution >= 0.6 is 15.9 Å². The molecular weight excluding hydrogens is 276 g/mol. The number of methoxy groups -OCH3 is 2. The van der Waals surface area contributed by atoms with Crippen molar-refractivity contribution in [1.29, 1.82) is 0 Å². The fraction of sp³-hybridized carbons (Fsp3) is 0.400. The maximum Gasteiger partial charge on any atom is 0.314 e. The Labute approximate surface area is 102 Å². The number of nitrogens with zero attached hydrogens (tertiary/aromatic N) is 1. The van der Waals surface area contributed by atoms with Crippen LogP contribution in [-0.4, -0.2) is 31.7 Å². The fourth-order valence-corrected chi connectivity index (χ4v) is 1.70. The quantitative estimate of drug-likeness (QED) is 0.839. The highest BCUT2D eigenvalue weighted by Gasteiger charge is 2.24. The zero-order chi connectivity index (χ0) is 12.1. The highest BCUT2D eigenvalue weighted by atomic mass is 79.9. The molecular formula is C10H13BrN2O3. The smallest absolute Gasteiger partial charge is 0.314 e. The largest absolute Gasteiger partial charge is 0.481 e. The lowest BCUT2D eigenvalue weighted by Crippen LogP contribution is -2.23. The zero-order valence-electron chi connectivity index (χ0n) is 9.07. The number of halogens is 1. The van der Waals surface area contributed by atoms with Gasteiger partial charge in [-0.2, -0.15) is 0 Å². The van der Waals surface area contributed by atoms with Gasteiger partial charge in [-0.15, -0.1) is 0 Å². The Morgan fingerprint density at radius 3 is 2.81 bits per heavy atom. The Balaban J connectivity index is 3.17. The van der Waals surface area contributed by atoms with E-state index >= 15 is 0 Å². The predicted molar refractivity (Wildman–Crippen MR) is 62.3 cm³/mol. The SMILES string of the molecule is COC(=O)C(CN)c1cc(Br)cnc1OC. The van der Waals surface area contributed by atoms with Crippen molar-refractivity contribution in [3.63, 3.8) is 0 Å². The van der Waals surface area contributed by atoms with Crippen LogP contribution in [0.2, 0.25) is 0 Å². The highest BCUT2D eigenvalue weighted by molar-refractivity contribution is 9.10. The van der Waals surface area contributed by atoms with Crippen molar-refractivity contribution in [2.45, 2.75) is 5.92 Å². The van der Waals surface area contributed by atoms with Crippen molar-refractivity contribution in [3.8, 4) is 5.88 Å². The molecule has 1 atom stereocenters. The van der Waals surface area contributed by atoms with E-state index in [1.165, 1.54) is 14.2 Å². The molecule has 5 nitrogen and oxygen atoms in total. The molecule has 0 aliphatic rings. The molecule has 16 heavy (non-hydrogen) atoms. The lowest BCUT2D eigenvalue weighted by Gasteiger charge is -2.15. The van der Waals surface area contributed by atoms with E-state index in [0.29, 0.717) is 11.4 Å². The minimum absolute atomic E-state index is 0.140. The van der Waals surface area contributed by atoms with Gasteiger partial charge in [-0.05, 0) is 22.0 Å². The molecule has 0 fully saturated rings. The van der Waals surface area contributed by atoms with Gasteiger partial charge in [0, 0.05) is 22.8 Å². The van der Waals surface area contributed by atoms with Crippen molar-refractivity contribution < 1.29 is 14.3 Å². The molecule has 1 aromatic rings. The van der Waals surface area contributed by atoms with Crippen LogP contribution in [0.1, 0.15) is 11.5 Å². The molecule has 88 valence electrons. The van der Waals surface area contributed by atoms with Gasteiger partial charge >= 0.3 is 5.97 Å². The summed E-state index contributed by atoms with van der Waals surface area (Å²) in [6.45, 7) is 0.140. The Kier molecular flexibility index (Phi) is 4.70. The number of carbonyl (C=O) groups is 1. The maximum absolute atomic E-state index is 11.5. The number of carbonyl (C=O) groups excluding carboxylic acids is 1. The predicted octanol–water partition coefficient (Wildman–Crippen LogP) is 1.07. The van der Waals surface area contributed by atoms with Crippen LogP contribution in [0.15, 0.2) is 16.7 Å². The molecule has 2 N–H and O–H groups in total. The van der Waals surface area contributed by atoms with Gasteiger partial charge in [0.2, 0.25) is 5.88 Å². The van der Waals surface area contributed by atoms with E-state index < -0.39 is 11.9 Å². The third-order valence-electron chi connectivity index (χ3n) is 2.14. The first kappa shape index (κ1) is 12.9. The van der Waals surface area contributed by atoms with Gasteiger partial charge < -0.3 is 15.2 Å². The van der Waals surface area contributed by atoms with Gasteiger partial charge in [-0.25, -0.2) is 4.98 Å². The second kappa shape index (κ2) is 5.81. The lowest BCUT2D eigenvalue weighted by molar-refractivity contribution is -0.142. The van der Waals surface area contributed by atoms with E-state index in [-0.39, 0.29) is 6.54 Å². The number of aromatic nitrogens is 1. The zero-order valence-corrected chi connectivity index (χ0v) is 10.7. The molecule has 1 heterocycles. The minimum atomic E-state index is -0.565. The van der Waals surface area contributed by atoms with Crippen LogP contribution in [0.25, 0.3) is 0 Å². The molecule has 0 amide bonds. The molecule has 0 aliphatic heterocycles. The van der Waals surface area contributed by atoms with Crippen molar-refractivity contribution in [2.24, 2.45) is 5.73 Å². The number of hydrogen-bond donors (Lipinski definition) is 1. The van der Waals surface area contributed by atoms with E-state index in [1.807, 2.05) is 0 Å². The summed E-state index contributed by atoms with van der Waals surface area (Å²) in [5.41, 5.74) is 6.17. The van der Waals surface area contributed by atoms with Crippen molar-refractivity contribution in [3.05, 3.63) is 22.3 Å². The highest BCUT2D eigenvalue weighted by Crippen LogP contribution is 2.27. The normalized spacial score (nSPS) is 12.0. The van der Waals surface area contributed by atoms with Gasteiger partial charge in [0.1, 0.15) is 0 Å². The summed E-state index contributed by atoms with van der Waals surface area (Å²) in [6, 6.07) is 1.75. The summed E-state index contributed by atoms with van der Waals surface area (Å²) in [5.74, 6) is -0.588. The van der Waals surface area contributed by atoms with Gasteiger partial charge in [-0.1, -0.05) is 0 Å². The number of hydrogen-bond acceptors (Lipinski definition) is 5. The lowest BCUT2D eigenvalue weighted by atomic mass is 10.0. The number of esters is 1. The fourth-order valence-electron chi connectivity index (χ4n) is 1.36. The van der Waals surface area contributed by atoms with Gasteiger partial charge in [0.15, 0.2) is 0 Å². The number of nitrogens with two attached hydrogens (primary N) is 1. The topological polar surface area (TPSA) is 74.4 Å². The Hall–Kier alpha value is -1.14. The summed E-state index contributed by atoms with van der Waals surface area (Å²) in [5, 5.41) is 0. The van der Waals surface area contributed by atoms with Crippen LogP contribution in [-0.2, 0) is 9.53 Å². The molecule has 0 spiro atoms. The minimum Gasteiger partial charge on any atom is -0.481 e. The molecule has 6 heteroatoms. The molecule has 1 rings (SSSR count). The first-order valence-corrected chi connectivity index (χ1v) is 5.40. The summed E-state index contributed by atoms with van der Waals surface area (Å²) in [4.78, 5) is 15.6. The summed E-state index contributed by atoms with van der Waals surface area (Å²) >= 11 is 3.28. The van der Waals surface area contributed by atoms with E-state index in [9.17, 15) is 4.79 Å². The standard InChI is InChI=1S/C10H13BrN2O3/c1-15-9-7(3-6(11)5-13-9)8(4-12)10(14)16-2/h3,5,8H,4,12H2,1-2H3. The molecule has 0 aromatic carbocycles. The Bertz CT molecular complexity index is 384. The molecule has 0 saturated carbocycles. The summed E-state index contributed by atoms with van der Waals surface area (Å²) in [6.07, 6.45) is 1.59. The molecule has 0 bridgehead atoms. The van der Waals surface area contributed by atoms with Crippen LogP contribution in [0.4, 0.5) is 0 Å². The summed E-state index contributed by atoms with van der Waals surface area (Å²) in [7, 11) is 2.81. The second-order valence-corrected chi connectivity index (χ2v) is 3.98. The van der Waals surface area contributed by atoms with E-state index in [0.717, 1.165) is 4.47 Å². The monoisotopic (exact) mass is 288 g/mol. The van der Waals surface area contributed by atoms with Crippen LogP contribution in [0, 0.1) is 0 Å². The van der Waals surface area contributed by atoms with E-state index in [1.54, 1.807) is 12.3 Å². The summed E-state index contributed by atoms with van der Waals surface area (Å²) < 4.78 is 10.5. The van der Waals surface area contributed by atoms with Gasteiger partial charge in [-0.3, -0.25) is 4.79 Å². The first-order chi connectivity index (χ1) is 7.63. The van der Waals surface area contributed by atoms with Crippen molar-refractivity contribution >= 4 is 21.9 Å². The van der Waals surface area contributed by atoms with Crippen LogP contribution in [0.5, 0.6) is 5.88 Å². The average molecular weight is 289 g/mol. The maximum atomic E-state index is 11.5. The number of pyridine rings is 1. The Morgan fingerprint density at radius 2 is 2.31 bits per heavy atom. The third kappa shape index (κ3) is 2.70. The van der Waals surface area contributed by atoms with E-state index in [2.05, 4.69) is 25.7 Å². The van der Waals surface area contributed by atoms with E-state index in [4.69, 9.17) is 10.5 Å². The van der Waals surface area contributed by atoms with Crippen molar-refractivity contribution in [2.75, 3.05) is 20.8 Å². The van der Waals surface area contributed by atoms with Gasteiger partial charge in [0.05, 0.1) is 20.1 Å². The van der Waals surface area contributed by atoms with Gasteiger partial charge in [0.25, 0.3) is 0 Å². The van der Waals surface area contributed by atoms with Crippen LogP contribution in [0.3, 0.4) is 0 Å². The molecule has 0 aliphatic carbocycles. The third-order valence-corrected chi connectivity index (χ3v) is 2.57. The molecule has 1 unspecified atom stereocenters. The number of ether oxygens (including phenoxy) is 2. The molecule has 1 aromatic heterocycles.